The first-order valence-electron chi connectivity index (χ1n) is 5.46. The van der Waals surface area contributed by atoms with Crippen LogP contribution in [-0.4, -0.2) is 28.5 Å². The van der Waals surface area contributed by atoms with Gasteiger partial charge in [-0.1, -0.05) is 12.2 Å². The number of thiocarbonyl (C=S) groups is 1. The van der Waals surface area contributed by atoms with Crippen molar-refractivity contribution < 1.29 is 4.79 Å². The lowest BCUT2D eigenvalue weighted by molar-refractivity contribution is -0.123. The van der Waals surface area contributed by atoms with E-state index in [4.69, 9.17) is 18.0 Å². The normalized spacial score (nSPS) is 19.5. The topological polar surface area (TPSA) is 80.0 Å². The molecule has 1 unspecified atom stereocenters. The summed E-state index contributed by atoms with van der Waals surface area (Å²) in [5.74, 6) is 0.00833. The highest BCUT2D eigenvalue weighted by Gasteiger charge is 2.22. The maximum atomic E-state index is 11.6. The van der Waals surface area contributed by atoms with E-state index in [0.29, 0.717) is 16.2 Å². The number of nitrogens with zero attached hydrogens (tertiary/aromatic N) is 1. The molecule has 2 rings (SSSR count). The maximum absolute atomic E-state index is 11.6. The van der Waals surface area contributed by atoms with Crippen LogP contribution in [0.4, 0.5) is 5.69 Å². The van der Waals surface area contributed by atoms with Crippen LogP contribution in [0.2, 0.25) is 0 Å². The van der Waals surface area contributed by atoms with Crippen molar-refractivity contribution in [2.75, 3.05) is 11.9 Å². The van der Waals surface area contributed by atoms with Gasteiger partial charge in [0.05, 0.1) is 11.9 Å². The van der Waals surface area contributed by atoms with E-state index in [9.17, 15) is 4.79 Å². The lowest BCUT2D eigenvalue weighted by Crippen LogP contribution is -2.44. The number of rotatable bonds is 3. The van der Waals surface area contributed by atoms with Gasteiger partial charge >= 0.3 is 0 Å². The van der Waals surface area contributed by atoms with Crippen molar-refractivity contribution in [1.82, 2.24) is 10.3 Å². The van der Waals surface area contributed by atoms with E-state index in [2.05, 4.69) is 15.6 Å². The van der Waals surface area contributed by atoms with Crippen LogP contribution < -0.4 is 16.4 Å². The first-order chi connectivity index (χ1) is 8.18. The molecular weight excluding hydrogens is 236 g/mol. The number of piperidine rings is 1. The van der Waals surface area contributed by atoms with Crippen LogP contribution >= 0.6 is 12.2 Å². The van der Waals surface area contributed by atoms with E-state index in [-0.39, 0.29) is 11.9 Å². The molecule has 0 aromatic carbocycles. The minimum Gasteiger partial charge on any atom is -0.389 e. The first kappa shape index (κ1) is 11.8. The molecule has 1 aliphatic heterocycles. The molecule has 0 aliphatic carbocycles. The van der Waals surface area contributed by atoms with Gasteiger partial charge in [-0.2, -0.15) is 0 Å². The molecule has 5 nitrogen and oxygen atoms in total. The highest BCUT2D eigenvalue weighted by molar-refractivity contribution is 7.80. The van der Waals surface area contributed by atoms with Crippen molar-refractivity contribution in [2.24, 2.45) is 5.73 Å². The summed E-state index contributed by atoms with van der Waals surface area (Å²) in [6.45, 7) is 0.742. The molecular formula is C11H14N4OS. The predicted molar refractivity (Wildman–Crippen MR) is 69.8 cm³/mol. The van der Waals surface area contributed by atoms with Crippen LogP contribution in [0.15, 0.2) is 18.5 Å². The fraction of sp³-hybridized carbons (Fsp3) is 0.364. The molecule has 1 aromatic heterocycles. The van der Waals surface area contributed by atoms with E-state index in [1.807, 2.05) is 0 Å². The molecule has 17 heavy (non-hydrogen) atoms. The third kappa shape index (κ3) is 2.71. The number of nitrogens with one attached hydrogen (secondary N) is 2. The molecule has 6 heteroatoms. The number of pyridine rings is 1. The molecule has 0 saturated carbocycles. The first-order valence-corrected chi connectivity index (χ1v) is 5.87. The smallest absolute Gasteiger partial charge is 0.242 e. The molecule has 1 fully saturated rings. The molecule has 90 valence electrons. The second-order valence-corrected chi connectivity index (χ2v) is 4.36. The van der Waals surface area contributed by atoms with Crippen LogP contribution in [0, 0.1) is 0 Å². The number of nitrogens with two attached hydrogens (primary N) is 1. The Kier molecular flexibility index (Phi) is 3.53. The molecule has 1 atom stereocenters. The van der Waals surface area contributed by atoms with Crippen LogP contribution in [0.25, 0.3) is 0 Å². The molecule has 0 radical (unpaired) electrons. The SMILES string of the molecule is NC(=S)c1ccncc1NC1CCCNC1=O. The van der Waals surface area contributed by atoms with Gasteiger partial charge in [-0.3, -0.25) is 9.78 Å². The predicted octanol–water partition coefficient (Wildman–Crippen LogP) is 0.406. The van der Waals surface area contributed by atoms with Crippen molar-refractivity contribution in [3.63, 3.8) is 0 Å². The molecule has 1 amide bonds. The zero-order valence-electron chi connectivity index (χ0n) is 9.27. The Morgan fingerprint density at radius 2 is 2.47 bits per heavy atom. The van der Waals surface area contributed by atoms with Gasteiger partial charge in [-0.05, 0) is 18.9 Å². The highest BCUT2D eigenvalue weighted by Crippen LogP contribution is 2.17. The fourth-order valence-corrected chi connectivity index (χ4v) is 2.00. The quantitative estimate of drug-likeness (QED) is 0.677. The third-order valence-corrected chi connectivity index (χ3v) is 2.92. The van der Waals surface area contributed by atoms with E-state index < -0.39 is 0 Å². The molecule has 1 aromatic rings. The van der Waals surface area contributed by atoms with Crippen LogP contribution in [0.5, 0.6) is 0 Å². The Morgan fingerprint density at radius 1 is 1.65 bits per heavy atom. The van der Waals surface area contributed by atoms with Crippen molar-refractivity contribution in [3.8, 4) is 0 Å². The van der Waals surface area contributed by atoms with E-state index >= 15 is 0 Å². The monoisotopic (exact) mass is 250 g/mol. The molecule has 2 heterocycles. The summed E-state index contributed by atoms with van der Waals surface area (Å²) in [7, 11) is 0. The summed E-state index contributed by atoms with van der Waals surface area (Å²) < 4.78 is 0. The standard InChI is InChI=1S/C11H14N4OS/c12-10(17)7-3-5-13-6-9(7)15-8-2-1-4-14-11(8)16/h3,5-6,8,15H,1-2,4H2,(H2,12,17)(H,14,16). The Labute approximate surface area is 105 Å². The van der Waals surface area contributed by atoms with Crippen LogP contribution in [0.3, 0.4) is 0 Å². The second-order valence-electron chi connectivity index (χ2n) is 3.92. The molecule has 1 aliphatic rings. The summed E-state index contributed by atoms with van der Waals surface area (Å²) in [6, 6.07) is 1.51. The van der Waals surface area contributed by atoms with Gasteiger partial charge in [-0.15, -0.1) is 0 Å². The van der Waals surface area contributed by atoms with Gasteiger partial charge in [0, 0.05) is 18.3 Å². The summed E-state index contributed by atoms with van der Waals surface area (Å²) >= 11 is 4.96. The molecule has 0 spiro atoms. The average molecular weight is 250 g/mol. The Hall–Kier alpha value is -1.69. The van der Waals surface area contributed by atoms with Crippen LogP contribution in [0.1, 0.15) is 18.4 Å². The second kappa shape index (κ2) is 5.09. The third-order valence-electron chi connectivity index (χ3n) is 2.70. The van der Waals surface area contributed by atoms with Crippen molar-refractivity contribution in [2.45, 2.75) is 18.9 Å². The average Bonchev–Trinajstić information content (AvgIpc) is 2.32. The van der Waals surface area contributed by atoms with Crippen molar-refractivity contribution in [3.05, 3.63) is 24.0 Å². The van der Waals surface area contributed by atoms with Gasteiger partial charge in [-0.25, -0.2) is 0 Å². The number of hydrogen-bond acceptors (Lipinski definition) is 4. The van der Waals surface area contributed by atoms with E-state index in [0.717, 1.165) is 19.4 Å². The molecule has 0 bridgehead atoms. The number of carbonyl (C=O) groups is 1. The van der Waals surface area contributed by atoms with Gasteiger partial charge in [0.15, 0.2) is 0 Å². The van der Waals surface area contributed by atoms with Gasteiger partial charge in [0.1, 0.15) is 11.0 Å². The number of anilines is 1. The summed E-state index contributed by atoms with van der Waals surface area (Å²) in [5, 5.41) is 5.95. The van der Waals surface area contributed by atoms with E-state index in [1.54, 1.807) is 18.5 Å². The van der Waals surface area contributed by atoms with E-state index in [1.165, 1.54) is 0 Å². The lowest BCUT2D eigenvalue weighted by atomic mass is 10.1. The fourth-order valence-electron chi connectivity index (χ4n) is 1.82. The largest absolute Gasteiger partial charge is 0.389 e. The highest BCUT2D eigenvalue weighted by atomic mass is 32.1. The maximum Gasteiger partial charge on any atom is 0.242 e. The summed E-state index contributed by atoms with van der Waals surface area (Å²) in [6.07, 6.45) is 5.03. The molecule has 1 saturated heterocycles. The minimum atomic E-state index is -0.235. The summed E-state index contributed by atoms with van der Waals surface area (Å²) in [5.41, 5.74) is 7.04. The Morgan fingerprint density at radius 3 is 3.18 bits per heavy atom. The van der Waals surface area contributed by atoms with Gasteiger partial charge < -0.3 is 16.4 Å². The minimum absolute atomic E-state index is 0.00833. The Balaban J connectivity index is 2.17. The number of aromatic nitrogens is 1. The Bertz CT molecular complexity index is 449. The summed E-state index contributed by atoms with van der Waals surface area (Å²) in [4.78, 5) is 15.9. The molecule has 4 N–H and O–H groups in total. The lowest BCUT2D eigenvalue weighted by Gasteiger charge is -2.24. The van der Waals surface area contributed by atoms with Crippen molar-refractivity contribution in [1.29, 1.82) is 0 Å². The van der Waals surface area contributed by atoms with Gasteiger partial charge in [0.25, 0.3) is 0 Å². The van der Waals surface area contributed by atoms with Crippen LogP contribution in [-0.2, 0) is 4.79 Å². The zero-order chi connectivity index (χ0) is 12.3. The van der Waals surface area contributed by atoms with Crippen molar-refractivity contribution >= 4 is 28.8 Å². The number of hydrogen-bond donors (Lipinski definition) is 3. The van der Waals surface area contributed by atoms with Gasteiger partial charge in [0.2, 0.25) is 5.91 Å². The zero-order valence-corrected chi connectivity index (χ0v) is 10.1. The number of amides is 1. The number of carbonyl (C=O) groups excluding carboxylic acids is 1.